The SMILES string of the molecule is CN(Cc1ccc(N2CCCCC2)cc1)S(=O)(=O)c1ccc(S(=O)(=O)N2CCCC2)cc1. The molecule has 32 heavy (non-hydrogen) atoms. The van der Waals surface area contributed by atoms with E-state index in [1.54, 1.807) is 7.05 Å². The fraction of sp³-hybridized carbons (Fsp3) is 0.478. The summed E-state index contributed by atoms with van der Waals surface area (Å²) in [7, 11) is -5.75. The van der Waals surface area contributed by atoms with Crippen molar-refractivity contribution in [2.75, 3.05) is 38.1 Å². The standard InChI is InChI=1S/C23H31N3O4S2/c1-24(19-20-7-9-21(10-8-20)25-15-3-2-4-16-25)31(27,28)22-11-13-23(14-12-22)32(29,30)26-17-5-6-18-26/h7-14H,2-6,15-19H2,1H3. The van der Waals surface area contributed by atoms with Gasteiger partial charge in [0.1, 0.15) is 0 Å². The van der Waals surface area contributed by atoms with E-state index in [2.05, 4.69) is 17.0 Å². The van der Waals surface area contributed by atoms with Crippen LogP contribution in [0, 0.1) is 0 Å². The highest BCUT2D eigenvalue weighted by molar-refractivity contribution is 7.89. The van der Waals surface area contributed by atoms with Crippen molar-refractivity contribution in [1.82, 2.24) is 8.61 Å². The largest absolute Gasteiger partial charge is 0.372 e. The summed E-state index contributed by atoms with van der Waals surface area (Å²) in [6.07, 6.45) is 5.41. The lowest BCUT2D eigenvalue weighted by molar-refractivity contribution is 0.466. The van der Waals surface area contributed by atoms with Gasteiger partial charge >= 0.3 is 0 Å². The molecular formula is C23H31N3O4S2. The molecule has 0 atom stereocenters. The zero-order valence-corrected chi connectivity index (χ0v) is 20.1. The van der Waals surface area contributed by atoms with Gasteiger partial charge < -0.3 is 4.90 Å². The number of rotatable bonds is 7. The Morgan fingerprint density at radius 1 is 0.719 bits per heavy atom. The third-order valence-electron chi connectivity index (χ3n) is 6.30. The van der Waals surface area contributed by atoms with Crippen LogP contribution in [0.2, 0.25) is 0 Å². The minimum atomic E-state index is -3.73. The van der Waals surface area contributed by atoms with Gasteiger partial charge in [0, 0.05) is 45.5 Å². The number of piperidine rings is 1. The van der Waals surface area contributed by atoms with E-state index in [1.807, 2.05) is 12.1 Å². The molecule has 0 amide bonds. The summed E-state index contributed by atoms with van der Waals surface area (Å²) in [6, 6.07) is 13.6. The van der Waals surface area contributed by atoms with Crippen molar-refractivity contribution < 1.29 is 16.8 Å². The monoisotopic (exact) mass is 477 g/mol. The zero-order valence-electron chi connectivity index (χ0n) is 18.5. The van der Waals surface area contributed by atoms with Gasteiger partial charge in [-0.2, -0.15) is 8.61 Å². The molecule has 0 aliphatic carbocycles. The highest BCUT2D eigenvalue weighted by atomic mass is 32.2. The fourth-order valence-corrected chi connectivity index (χ4v) is 7.02. The molecule has 0 spiro atoms. The molecule has 0 saturated carbocycles. The molecule has 2 aromatic rings. The molecule has 2 aliphatic heterocycles. The van der Waals surface area contributed by atoms with Crippen LogP contribution < -0.4 is 4.90 Å². The number of anilines is 1. The third-order valence-corrected chi connectivity index (χ3v) is 10.0. The van der Waals surface area contributed by atoms with Gasteiger partial charge in [0.2, 0.25) is 20.0 Å². The molecule has 174 valence electrons. The van der Waals surface area contributed by atoms with E-state index in [4.69, 9.17) is 0 Å². The summed E-state index contributed by atoms with van der Waals surface area (Å²) in [5.74, 6) is 0. The second-order valence-electron chi connectivity index (χ2n) is 8.56. The molecule has 0 bridgehead atoms. The maximum absolute atomic E-state index is 13.0. The van der Waals surface area contributed by atoms with Gasteiger partial charge in [0.15, 0.2) is 0 Å². The first-order valence-electron chi connectivity index (χ1n) is 11.2. The molecule has 0 aromatic heterocycles. The molecule has 2 heterocycles. The minimum absolute atomic E-state index is 0.0882. The number of nitrogens with zero attached hydrogens (tertiary/aromatic N) is 3. The summed E-state index contributed by atoms with van der Waals surface area (Å²) in [5, 5.41) is 0. The predicted molar refractivity (Wildman–Crippen MR) is 126 cm³/mol. The van der Waals surface area contributed by atoms with Gasteiger partial charge in [-0.1, -0.05) is 12.1 Å². The summed E-state index contributed by atoms with van der Waals surface area (Å²) >= 11 is 0. The number of benzene rings is 2. The van der Waals surface area contributed by atoms with Crippen LogP contribution in [0.4, 0.5) is 5.69 Å². The maximum Gasteiger partial charge on any atom is 0.243 e. The zero-order chi connectivity index (χ0) is 22.8. The van der Waals surface area contributed by atoms with Gasteiger partial charge in [0.25, 0.3) is 0 Å². The predicted octanol–water partition coefficient (Wildman–Crippen LogP) is 3.28. The van der Waals surface area contributed by atoms with E-state index >= 15 is 0 Å². The third kappa shape index (κ3) is 4.85. The van der Waals surface area contributed by atoms with E-state index in [0.717, 1.165) is 31.5 Å². The van der Waals surface area contributed by atoms with Gasteiger partial charge in [-0.15, -0.1) is 0 Å². The Morgan fingerprint density at radius 3 is 1.84 bits per heavy atom. The van der Waals surface area contributed by atoms with Crippen LogP contribution in [0.1, 0.15) is 37.7 Å². The lowest BCUT2D eigenvalue weighted by Gasteiger charge is -2.29. The van der Waals surface area contributed by atoms with Crippen LogP contribution in [0.25, 0.3) is 0 Å². The van der Waals surface area contributed by atoms with Crippen molar-refractivity contribution in [2.24, 2.45) is 0 Å². The van der Waals surface area contributed by atoms with Gasteiger partial charge in [0.05, 0.1) is 9.79 Å². The Labute approximate surface area is 191 Å². The van der Waals surface area contributed by atoms with Crippen LogP contribution in [-0.2, 0) is 26.6 Å². The molecular weight excluding hydrogens is 446 g/mol. The minimum Gasteiger partial charge on any atom is -0.372 e. The molecule has 9 heteroatoms. The van der Waals surface area contributed by atoms with Crippen LogP contribution >= 0.6 is 0 Å². The molecule has 4 rings (SSSR count). The van der Waals surface area contributed by atoms with Crippen molar-refractivity contribution >= 4 is 25.7 Å². The van der Waals surface area contributed by atoms with Crippen LogP contribution in [0.3, 0.4) is 0 Å². The Balaban J connectivity index is 1.44. The van der Waals surface area contributed by atoms with Crippen molar-refractivity contribution in [2.45, 2.75) is 48.4 Å². The second-order valence-corrected chi connectivity index (χ2v) is 12.5. The lowest BCUT2D eigenvalue weighted by atomic mass is 10.1. The van der Waals surface area contributed by atoms with Gasteiger partial charge in [-0.3, -0.25) is 0 Å². The molecule has 2 aromatic carbocycles. The first-order chi connectivity index (χ1) is 15.3. The maximum atomic E-state index is 13.0. The topological polar surface area (TPSA) is 78.0 Å². The van der Waals surface area contributed by atoms with E-state index < -0.39 is 20.0 Å². The van der Waals surface area contributed by atoms with E-state index in [1.165, 1.54) is 57.8 Å². The molecule has 7 nitrogen and oxygen atoms in total. The van der Waals surface area contributed by atoms with E-state index in [-0.39, 0.29) is 16.3 Å². The number of hydrogen-bond acceptors (Lipinski definition) is 5. The van der Waals surface area contributed by atoms with Crippen LogP contribution in [-0.4, -0.2) is 58.7 Å². The number of sulfonamides is 2. The van der Waals surface area contributed by atoms with E-state index in [9.17, 15) is 16.8 Å². The Kier molecular flexibility index (Phi) is 6.90. The quantitative estimate of drug-likeness (QED) is 0.612. The molecule has 2 fully saturated rings. The molecule has 2 aliphatic rings. The van der Waals surface area contributed by atoms with E-state index in [0.29, 0.717) is 13.1 Å². The van der Waals surface area contributed by atoms with Crippen molar-refractivity contribution in [3.8, 4) is 0 Å². The Hall–Kier alpha value is -1.94. The van der Waals surface area contributed by atoms with Gasteiger partial charge in [-0.05, 0) is 74.1 Å². The van der Waals surface area contributed by atoms with Crippen LogP contribution in [0.15, 0.2) is 58.3 Å². The molecule has 0 unspecified atom stereocenters. The molecule has 2 saturated heterocycles. The Morgan fingerprint density at radius 2 is 1.25 bits per heavy atom. The highest BCUT2D eigenvalue weighted by Gasteiger charge is 2.28. The lowest BCUT2D eigenvalue weighted by Crippen LogP contribution is -2.29. The normalized spacial score (nSPS) is 18.4. The highest BCUT2D eigenvalue weighted by Crippen LogP contribution is 2.25. The second kappa shape index (κ2) is 9.51. The number of hydrogen-bond donors (Lipinski definition) is 0. The summed E-state index contributed by atoms with van der Waals surface area (Å²) in [6.45, 7) is 3.41. The fourth-order valence-electron chi connectivity index (χ4n) is 4.35. The smallest absolute Gasteiger partial charge is 0.243 e. The summed E-state index contributed by atoms with van der Waals surface area (Å²) in [5.41, 5.74) is 2.08. The molecule has 0 radical (unpaired) electrons. The van der Waals surface area contributed by atoms with Crippen molar-refractivity contribution in [1.29, 1.82) is 0 Å². The average Bonchev–Trinajstić information content (AvgIpc) is 3.36. The Bertz CT molecular complexity index is 1120. The average molecular weight is 478 g/mol. The molecule has 0 N–H and O–H groups in total. The summed E-state index contributed by atoms with van der Waals surface area (Å²) in [4.78, 5) is 2.59. The van der Waals surface area contributed by atoms with Crippen molar-refractivity contribution in [3.05, 3.63) is 54.1 Å². The van der Waals surface area contributed by atoms with Gasteiger partial charge in [-0.25, -0.2) is 16.8 Å². The summed E-state index contributed by atoms with van der Waals surface area (Å²) < 4.78 is 54.2. The first-order valence-corrected chi connectivity index (χ1v) is 14.1. The van der Waals surface area contributed by atoms with Crippen molar-refractivity contribution in [3.63, 3.8) is 0 Å². The van der Waals surface area contributed by atoms with Crippen LogP contribution in [0.5, 0.6) is 0 Å². The first kappa shape index (κ1) is 23.2.